The highest BCUT2D eigenvalue weighted by atomic mass is 32.2. The zero-order valence-corrected chi connectivity index (χ0v) is 13.1. The highest BCUT2D eigenvalue weighted by Gasteiger charge is 2.48. The monoisotopic (exact) mass is 330 g/mol. The minimum atomic E-state index is -0.892. The summed E-state index contributed by atoms with van der Waals surface area (Å²) < 4.78 is 5.05. The van der Waals surface area contributed by atoms with Gasteiger partial charge in [0.25, 0.3) is 5.91 Å². The lowest BCUT2D eigenvalue weighted by molar-refractivity contribution is -0.136. The van der Waals surface area contributed by atoms with Gasteiger partial charge >= 0.3 is 12.0 Å². The second-order valence-electron chi connectivity index (χ2n) is 4.85. The van der Waals surface area contributed by atoms with Gasteiger partial charge in [0.05, 0.1) is 13.0 Å². The summed E-state index contributed by atoms with van der Waals surface area (Å²) >= 11 is 1.26. The van der Waals surface area contributed by atoms with Crippen molar-refractivity contribution in [3.05, 3.63) is 0 Å². The smallest absolute Gasteiger partial charge is 0.325 e. The third kappa shape index (κ3) is 3.33. The van der Waals surface area contributed by atoms with Gasteiger partial charge in [-0.05, 0) is 0 Å². The summed E-state index contributed by atoms with van der Waals surface area (Å²) in [6.07, 6.45) is -0.594. The third-order valence-electron chi connectivity index (χ3n) is 3.41. The van der Waals surface area contributed by atoms with Crippen molar-refractivity contribution in [2.24, 2.45) is 4.99 Å². The second kappa shape index (κ2) is 6.97. The average Bonchev–Trinajstić information content (AvgIpc) is 2.81. The first-order valence-corrected chi connectivity index (χ1v) is 7.70. The molecule has 2 rings (SSSR count). The van der Waals surface area contributed by atoms with E-state index in [1.54, 1.807) is 19.1 Å². The van der Waals surface area contributed by atoms with Crippen LogP contribution in [0.25, 0.3) is 0 Å². The number of aliphatic carboxylic acids is 1. The molecule has 1 fully saturated rings. The first-order valence-electron chi connectivity index (χ1n) is 6.71. The standard InChI is InChI=1S/C12H18N4O5S/c1-15-9-8(10(19)14-11(15)20)16(4-5-21-2)12(13-9)22-6-3-7(17)18/h8-9H,3-6H2,1-2H3,(H,17,18)(H,14,19,20). The molecule has 3 amide bonds. The van der Waals surface area contributed by atoms with Gasteiger partial charge in [0.2, 0.25) is 0 Å². The van der Waals surface area contributed by atoms with E-state index in [4.69, 9.17) is 9.84 Å². The highest BCUT2D eigenvalue weighted by Crippen LogP contribution is 2.28. The predicted molar refractivity (Wildman–Crippen MR) is 79.6 cm³/mol. The van der Waals surface area contributed by atoms with Crippen LogP contribution in [0, 0.1) is 0 Å². The number of methoxy groups -OCH3 is 1. The Morgan fingerprint density at radius 3 is 2.86 bits per heavy atom. The molecule has 0 aromatic heterocycles. The summed E-state index contributed by atoms with van der Waals surface area (Å²) in [6.45, 7) is 0.832. The number of amides is 3. The number of carbonyl (C=O) groups excluding carboxylic acids is 2. The van der Waals surface area contributed by atoms with Gasteiger partial charge in [-0.3, -0.25) is 14.9 Å². The number of likely N-dealkylation sites (N-methyl/N-ethyl adjacent to an activating group) is 1. The number of carboxylic acids is 1. The summed E-state index contributed by atoms with van der Waals surface area (Å²) in [5, 5.41) is 11.6. The molecule has 2 heterocycles. The fourth-order valence-electron chi connectivity index (χ4n) is 2.27. The Bertz CT molecular complexity index is 512. The summed E-state index contributed by atoms with van der Waals surface area (Å²) in [6, 6.07) is -1.09. The predicted octanol–water partition coefficient (Wildman–Crippen LogP) is -0.611. The number of thioether (sulfide) groups is 1. The molecule has 0 aromatic carbocycles. The molecule has 122 valence electrons. The van der Waals surface area contributed by atoms with Gasteiger partial charge in [0.15, 0.2) is 17.4 Å². The van der Waals surface area contributed by atoms with Crippen LogP contribution in [0.1, 0.15) is 6.42 Å². The van der Waals surface area contributed by atoms with E-state index >= 15 is 0 Å². The van der Waals surface area contributed by atoms with Gasteiger partial charge in [-0.15, -0.1) is 0 Å². The molecule has 0 radical (unpaired) electrons. The van der Waals surface area contributed by atoms with Crippen LogP contribution in [0.4, 0.5) is 4.79 Å². The SMILES string of the molecule is COCCN1C(SCCC(=O)O)=NC2C1C(=O)NC(=O)N2C. The molecule has 0 saturated carbocycles. The van der Waals surface area contributed by atoms with Crippen molar-refractivity contribution in [2.45, 2.75) is 18.6 Å². The van der Waals surface area contributed by atoms with E-state index in [0.717, 1.165) is 0 Å². The molecule has 2 atom stereocenters. The van der Waals surface area contributed by atoms with Crippen LogP contribution in [0.5, 0.6) is 0 Å². The number of hydrogen-bond acceptors (Lipinski definition) is 7. The van der Waals surface area contributed by atoms with Crippen LogP contribution in [-0.4, -0.2) is 83.3 Å². The zero-order chi connectivity index (χ0) is 16.3. The third-order valence-corrected chi connectivity index (χ3v) is 4.41. The fourth-order valence-corrected chi connectivity index (χ4v) is 3.29. The van der Waals surface area contributed by atoms with E-state index in [1.807, 2.05) is 0 Å². The maximum atomic E-state index is 12.1. The Kier molecular flexibility index (Phi) is 5.24. The van der Waals surface area contributed by atoms with E-state index in [9.17, 15) is 14.4 Å². The Labute approximate surface area is 131 Å². The quantitative estimate of drug-likeness (QED) is 0.668. The Morgan fingerprint density at radius 2 is 2.23 bits per heavy atom. The number of nitrogens with zero attached hydrogens (tertiary/aromatic N) is 3. The van der Waals surface area contributed by atoms with Gasteiger partial charge in [0, 0.05) is 26.5 Å². The van der Waals surface area contributed by atoms with Crippen LogP contribution in [0.15, 0.2) is 4.99 Å². The van der Waals surface area contributed by atoms with Crippen LogP contribution in [-0.2, 0) is 14.3 Å². The lowest BCUT2D eigenvalue weighted by Crippen LogP contribution is -2.63. The number of imide groups is 1. The maximum Gasteiger partial charge on any atom is 0.325 e. The van der Waals surface area contributed by atoms with Crippen molar-refractivity contribution in [1.29, 1.82) is 0 Å². The number of nitrogens with one attached hydrogen (secondary N) is 1. The molecule has 1 saturated heterocycles. The topological polar surface area (TPSA) is 112 Å². The first kappa shape index (κ1) is 16.6. The summed E-state index contributed by atoms with van der Waals surface area (Å²) in [4.78, 5) is 42.0. The summed E-state index contributed by atoms with van der Waals surface area (Å²) in [5.41, 5.74) is 0. The Balaban J connectivity index is 2.15. The molecule has 0 aliphatic carbocycles. The molecule has 0 aromatic rings. The highest BCUT2D eigenvalue weighted by molar-refractivity contribution is 8.13. The fraction of sp³-hybridized carbons (Fsp3) is 0.667. The number of urea groups is 1. The molecule has 9 nitrogen and oxygen atoms in total. The number of amidine groups is 1. The largest absolute Gasteiger partial charge is 0.481 e. The number of carboxylic acid groups (broad SMARTS) is 1. The molecule has 2 aliphatic rings. The summed E-state index contributed by atoms with van der Waals surface area (Å²) in [5.74, 6) is -0.949. The van der Waals surface area contributed by atoms with Crippen molar-refractivity contribution < 1.29 is 24.2 Å². The number of hydrogen-bond donors (Lipinski definition) is 2. The molecule has 10 heteroatoms. The van der Waals surface area contributed by atoms with Crippen molar-refractivity contribution in [3.63, 3.8) is 0 Å². The van der Waals surface area contributed by atoms with Crippen molar-refractivity contribution >= 4 is 34.8 Å². The number of aliphatic imine (C=N–C) groups is 1. The molecule has 0 bridgehead atoms. The zero-order valence-electron chi connectivity index (χ0n) is 12.3. The molecular formula is C12H18N4O5S. The van der Waals surface area contributed by atoms with Crippen molar-refractivity contribution in [3.8, 4) is 0 Å². The van der Waals surface area contributed by atoms with Crippen LogP contribution >= 0.6 is 11.8 Å². The maximum absolute atomic E-state index is 12.1. The number of ether oxygens (including phenoxy) is 1. The van der Waals surface area contributed by atoms with Gasteiger partial charge in [-0.1, -0.05) is 11.8 Å². The number of fused-ring (bicyclic) bond motifs is 1. The van der Waals surface area contributed by atoms with Crippen LogP contribution < -0.4 is 5.32 Å². The molecule has 0 spiro atoms. The van der Waals surface area contributed by atoms with Gasteiger partial charge in [-0.2, -0.15) is 0 Å². The van der Waals surface area contributed by atoms with Crippen molar-refractivity contribution in [2.75, 3.05) is 33.1 Å². The first-order chi connectivity index (χ1) is 10.5. The normalized spacial score (nSPS) is 24.2. The van der Waals surface area contributed by atoms with Crippen LogP contribution in [0.2, 0.25) is 0 Å². The lowest BCUT2D eigenvalue weighted by atomic mass is 10.1. The number of rotatable bonds is 6. The van der Waals surface area contributed by atoms with E-state index < -0.39 is 30.1 Å². The minimum Gasteiger partial charge on any atom is -0.481 e. The van der Waals surface area contributed by atoms with Crippen LogP contribution in [0.3, 0.4) is 0 Å². The number of carbonyl (C=O) groups is 3. The van der Waals surface area contributed by atoms with Gasteiger partial charge in [0.1, 0.15) is 0 Å². The molecule has 2 N–H and O–H groups in total. The van der Waals surface area contributed by atoms with Gasteiger partial charge in [-0.25, -0.2) is 9.79 Å². The van der Waals surface area contributed by atoms with E-state index in [2.05, 4.69) is 10.3 Å². The molecule has 2 aliphatic heterocycles. The average molecular weight is 330 g/mol. The van der Waals surface area contributed by atoms with E-state index in [-0.39, 0.29) is 6.42 Å². The van der Waals surface area contributed by atoms with E-state index in [1.165, 1.54) is 16.7 Å². The second-order valence-corrected chi connectivity index (χ2v) is 5.92. The summed E-state index contributed by atoms with van der Waals surface area (Å²) in [7, 11) is 3.13. The van der Waals surface area contributed by atoms with E-state index in [0.29, 0.717) is 24.1 Å². The Hall–Kier alpha value is -1.81. The molecule has 22 heavy (non-hydrogen) atoms. The Morgan fingerprint density at radius 1 is 1.50 bits per heavy atom. The lowest BCUT2D eigenvalue weighted by Gasteiger charge is -2.36. The van der Waals surface area contributed by atoms with Crippen molar-refractivity contribution in [1.82, 2.24) is 15.1 Å². The minimum absolute atomic E-state index is 0.00188. The van der Waals surface area contributed by atoms with Gasteiger partial charge < -0.3 is 19.6 Å². The molecular weight excluding hydrogens is 312 g/mol. The molecule has 2 unspecified atom stereocenters.